The zero-order valence-electron chi connectivity index (χ0n) is 9.40. The van der Waals surface area contributed by atoms with Gasteiger partial charge in [0.2, 0.25) is 0 Å². The lowest BCUT2D eigenvalue weighted by Gasteiger charge is -2.00. The van der Waals surface area contributed by atoms with Crippen molar-refractivity contribution in [1.29, 1.82) is 0 Å². The molecule has 0 radical (unpaired) electrons. The first-order valence-electron chi connectivity index (χ1n) is 5.30. The molecule has 0 atom stereocenters. The van der Waals surface area contributed by atoms with E-state index in [4.69, 9.17) is 0 Å². The van der Waals surface area contributed by atoms with Crippen molar-refractivity contribution in [3.63, 3.8) is 0 Å². The van der Waals surface area contributed by atoms with Crippen molar-refractivity contribution in [3.8, 4) is 0 Å². The molecule has 15 heavy (non-hydrogen) atoms. The molecule has 0 aliphatic rings. The largest absolute Gasteiger partial charge is 0.362 e. The second-order valence-electron chi connectivity index (χ2n) is 3.31. The minimum atomic E-state index is 1.03. The van der Waals surface area contributed by atoms with Gasteiger partial charge in [-0.15, -0.1) is 0 Å². The van der Waals surface area contributed by atoms with E-state index in [2.05, 4.69) is 17.2 Å². The van der Waals surface area contributed by atoms with Crippen molar-refractivity contribution in [2.45, 2.75) is 19.8 Å². The van der Waals surface area contributed by atoms with Gasteiger partial charge in [-0.1, -0.05) is 31.5 Å². The third-order valence-corrected chi connectivity index (χ3v) is 2.09. The van der Waals surface area contributed by atoms with Crippen molar-refractivity contribution >= 4 is 11.4 Å². The average molecular weight is 202 g/mol. The number of nitrogens with zero attached hydrogens (tertiary/aromatic N) is 1. The van der Waals surface area contributed by atoms with Crippen molar-refractivity contribution in [2.24, 2.45) is 4.99 Å². The highest BCUT2D eigenvalue weighted by atomic mass is 14.8. The molecule has 0 aromatic heterocycles. The van der Waals surface area contributed by atoms with Crippen LogP contribution in [0.25, 0.3) is 0 Å². The first-order valence-corrected chi connectivity index (χ1v) is 5.30. The highest BCUT2D eigenvalue weighted by Crippen LogP contribution is 2.04. The average Bonchev–Trinajstić information content (AvgIpc) is 2.29. The maximum absolute atomic E-state index is 4.20. The second kappa shape index (κ2) is 6.82. The number of aliphatic imine (C=N–C) groups is 1. The molecule has 0 saturated carbocycles. The molecule has 0 fully saturated rings. The van der Waals surface area contributed by atoms with Crippen LogP contribution in [0.3, 0.4) is 0 Å². The first-order chi connectivity index (χ1) is 7.36. The molecule has 1 rings (SSSR count). The molecule has 0 unspecified atom stereocenters. The molecule has 0 aliphatic heterocycles. The molecule has 2 nitrogen and oxygen atoms in total. The van der Waals surface area contributed by atoms with Crippen molar-refractivity contribution < 1.29 is 0 Å². The highest BCUT2D eigenvalue weighted by Gasteiger charge is 1.89. The normalized spacial score (nSPS) is 12.0. The summed E-state index contributed by atoms with van der Waals surface area (Å²) in [4.78, 5) is 4.20. The van der Waals surface area contributed by atoms with E-state index in [9.17, 15) is 0 Å². The Morgan fingerprint density at radius 3 is 2.67 bits per heavy atom. The Morgan fingerprint density at radius 1 is 1.33 bits per heavy atom. The molecule has 0 heterocycles. The number of rotatable bonds is 5. The number of nitrogens with one attached hydrogen (secondary N) is 1. The Hall–Kier alpha value is -1.57. The Kier molecular flexibility index (Phi) is 5.23. The fourth-order valence-electron chi connectivity index (χ4n) is 1.29. The fourth-order valence-corrected chi connectivity index (χ4v) is 1.29. The molecule has 0 bridgehead atoms. The van der Waals surface area contributed by atoms with Gasteiger partial charge in [0.05, 0.1) is 0 Å². The van der Waals surface area contributed by atoms with E-state index in [0.717, 1.165) is 24.2 Å². The summed E-state index contributed by atoms with van der Waals surface area (Å²) in [6.45, 7) is 2.16. The fraction of sp³-hybridized carbons (Fsp3) is 0.308. The van der Waals surface area contributed by atoms with Crippen LogP contribution < -0.4 is 5.32 Å². The Morgan fingerprint density at radius 2 is 2.07 bits per heavy atom. The van der Waals surface area contributed by atoms with Gasteiger partial charge in [0, 0.05) is 24.6 Å². The summed E-state index contributed by atoms with van der Waals surface area (Å²) in [5.74, 6) is 0. The van der Waals surface area contributed by atoms with Crippen LogP contribution in [0.4, 0.5) is 5.69 Å². The molecule has 0 spiro atoms. The van der Waals surface area contributed by atoms with Gasteiger partial charge in [-0.05, 0) is 24.6 Å². The lowest BCUT2D eigenvalue weighted by Crippen LogP contribution is -1.94. The number of allylic oxidation sites excluding steroid dienone is 1. The zero-order valence-corrected chi connectivity index (χ0v) is 9.40. The van der Waals surface area contributed by atoms with Gasteiger partial charge >= 0.3 is 0 Å². The highest BCUT2D eigenvalue weighted by molar-refractivity contribution is 5.95. The molecule has 0 aliphatic carbocycles. The topological polar surface area (TPSA) is 24.4 Å². The van der Waals surface area contributed by atoms with Gasteiger partial charge in [-0.2, -0.15) is 0 Å². The lowest BCUT2D eigenvalue weighted by atomic mass is 10.2. The van der Waals surface area contributed by atoms with Gasteiger partial charge in [-0.3, -0.25) is 4.99 Å². The Balaban J connectivity index is 2.46. The second-order valence-corrected chi connectivity index (χ2v) is 3.31. The van der Waals surface area contributed by atoms with Gasteiger partial charge in [-0.25, -0.2) is 0 Å². The molecule has 1 aromatic carbocycles. The smallest absolute Gasteiger partial charge is 0.0379 e. The summed E-state index contributed by atoms with van der Waals surface area (Å²) in [6, 6.07) is 10.1. The number of hydrogen-bond acceptors (Lipinski definition) is 2. The zero-order chi connectivity index (χ0) is 10.9. The first kappa shape index (κ1) is 11.5. The molecule has 0 amide bonds. The number of hydrogen-bond donors (Lipinski definition) is 1. The standard InChI is InChI=1S/C13H18N2/c1-3-7-12(14-2)10-11-15-13-8-5-4-6-9-13/h4-6,8-11,15H,3,7H2,1-2H3/b11-10+,14-12-. The van der Waals surface area contributed by atoms with Crippen LogP contribution in [0, 0.1) is 0 Å². The predicted octanol–water partition coefficient (Wildman–Crippen LogP) is 3.48. The maximum atomic E-state index is 4.20. The molecule has 2 heteroatoms. The maximum Gasteiger partial charge on any atom is 0.0379 e. The summed E-state index contributed by atoms with van der Waals surface area (Å²) < 4.78 is 0. The van der Waals surface area contributed by atoms with E-state index < -0.39 is 0 Å². The minimum Gasteiger partial charge on any atom is -0.362 e. The van der Waals surface area contributed by atoms with Crippen molar-refractivity contribution in [1.82, 2.24) is 0 Å². The van der Waals surface area contributed by atoms with Gasteiger partial charge in [0.1, 0.15) is 0 Å². The number of anilines is 1. The van der Waals surface area contributed by atoms with E-state index in [0.29, 0.717) is 0 Å². The molecular weight excluding hydrogens is 184 g/mol. The lowest BCUT2D eigenvalue weighted by molar-refractivity contribution is 0.993. The van der Waals surface area contributed by atoms with E-state index in [-0.39, 0.29) is 0 Å². The van der Waals surface area contributed by atoms with Crippen LogP contribution in [-0.4, -0.2) is 12.8 Å². The summed E-state index contributed by atoms with van der Waals surface area (Å²) in [7, 11) is 1.83. The summed E-state index contributed by atoms with van der Waals surface area (Å²) in [5.41, 5.74) is 2.22. The Labute approximate surface area is 91.7 Å². The molecule has 1 aromatic rings. The summed E-state index contributed by atoms with van der Waals surface area (Å²) in [5, 5.41) is 3.21. The summed E-state index contributed by atoms with van der Waals surface area (Å²) in [6.07, 6.45) is 6.12. The van der Waals surface area contributed by atoms with Gasteiger partial charge in [0.25, 0.3) is 0 Å². The van der Waals surface area contributed by atoms with E-state index in [1.165, 1.54) is 0 Å². The monoisotopic (exact) mass is 202 g/mol. The molecule has 0 saturated heterocycles. The van der Waals surface area contributed by atoms with Gasteiger partial charge in [0.15, 0.2) is 0 Å². The van der Waals surface area contributed by atoms with Crippen LogP contribution in [0.2, 0.25) is 0 Å². The van der Waals surface area contributed by atoms with Crippen LogP contribution >= 0.6 is 0 Å². The predicted molar refractivity (Wildman–Crippen MR) is 67.5 cm³/mol. The molecule has 80 valence electrons. The van der Waals surface area contributed by atoms with Gasteiger partial charge < -0.3 is 5.32 Å². The van der Waals surface area contributed by atoms with E-state index in [1.807, 2.05) is 49.7 Å². The number of benzene rings is 1. The van der Waals surface area contributed by atoms with E-state index >= 15 is 0 Å². The molecule has 1 N–H and O–H groups in total. The summed E-state index contributed by atoms with van der Waals surface area (Å²) >= 11 is 0. The third kappa shape index (κ3) is 4.45. The quantitative estimate of drug-likeness (QED) is 0.726. The van der Waals surface area contributed by atoms with Crippen LogP contribution in [0.1, 0.15) is 19.8 Å². The molecular formula is C13H18N2. The van der Waals surface area contributed by atoms with Crippen molar-refractivity contribution in [2.75, 3.05) is 12.4 Å². The van der Waals surface area contributed by atoms with Crippen LogP contribution in [0.5, 0.6) is 0 Å². The van der Waals surface area contributed by atoms with E-state index in [1.54, 1.807) is 0 Å². The van der Waals surface area contributed by atoms with Crippen LogP contribution in [-0.2, 0) is 0 Å². The number of para-hydroxylation sites is 1. The third-order valence-electron chi connectivity index (χ3n) is 2.09. The van der Waals surface area contributed by atoms with Crippen molar-refractivity contribution in [3.05, 3.63) is 42.6 Å². The minimum absolute atomic E-state index is 1.03. The SMILES string of the molecule is CCCC(/C=C/Nc1ccccc1)=N/C. The Bertz CT molecular complexity index is 326. The van der Waals surface area contributed by atoms with Crippen LogP contribution in [0.15, 0.2) is 47.6 Å².